The number of anilines is 1. The average molecular weight is 324 g/mol. The van der Waals surface area contributed by atoms with Gasteiger partial charge >= 0.3 is 6.18 Å². The second kappa shape index (κ2) is 5.30. The number of likely N-dealkylation sites (tertiary alicyclic amines) is 1. The van der Waals surface area contributed by atoms with Crippen LogP contribution in [0.1, 0.15) is 19.8 Å². The van der Waals surface area contributed by atoms with Gasteiger partial charge < -0.3 is 9.80 Å². The first-order chi connectivity index (χ1) is 11.4. The maximum atomic E-state index is 12.4. The molecular weight excluding hydrogens is 307 g/mol. The SMILES string of the molecule is [2H]C1N=c2cnc3c(c2N1[C@H]1CCN(CCC(F)(F)F)C1)C=CN=3. The van der Waals surface area contributed by atoms with E-state index in [4.69, 9.17) is 1.37 Å². The molecule has 1 fully saturated rings. The van der Waals surface area contributed by atoms with Crippen molar-refractivity contribution < 1.29 is 14.5 Å². The number of rotatable bonds is 3. The third kappa shape index (κ3) is 2.71. The lowest BCUT2D eigenvalue weighted by Gasteiger charge is -2.27. The van der Waals surface area contributed by atoms with Crippen LogP contribution < -0.4 is 15.7 Å². The Bertz CT molecular complexity index is 807. The van der Waals surface area contributed by atoms with Crippen molar-refractivity contribution in [3.63, 3.8) is 0 Å². The van der Waals surface area contributed by atoms with E-state index in [1.807, 2.05) is 15.9 Å². The molecule has 3 aliphatic rings. The van der Waals surface area contributed by atoms with Crippen LogP contribution in [0.15, 0.2) is 22.4 Å². The van der Waals surface area contributed by atoms with Crippen molar-refractivity contribution >= 4 is 11.8 Å². The molecule has 1 aromatic rings. The summed E-state index contributed by atoms with van der Waals surface area (Å²) in [6.07, 6.45) is 0.912. The third-order valence-electron chi connectivity index (χ3n) is 4.42. The molecule has 0 aliphatic carbocycles. The molecule has 3 aliphatic heterocycles. The van der Waals surface area contributed by atoms with Crippen LogP contribution in [0.25, 0.3) is 6.08 Å². The average Bonchev–Trinajstić information content (AvgIpc) is 3.20. The van der Waals surface area contributed by atoms with E-state index in [-0.39, 0.29) is 12.6 Å². The lowest BCUT2D eigenvalue weighted by Crippen LogP contribution is -2.39. The molecule has 23 heavy (non-hydrogen) atoms. The fourth-order valence-corrected chi connectivity index (χ4v) is 3.29. The Morgan fingerprint density at radius 2 is 2.26 bits per heavy atom. The second-order valence-corrected chi connectivity index (χ2v) is 5.93. The largest absolute Gasteiger partial charge is 0.390 e. The predicted octanol–water partition coefficient (Wildman–Crippen LogP) is 1.11. The van der Waals surface area contributed by atoms with Crippen molar-refractivity contribution in [2.75, 3.05) is 31.2 Å². The zero-order chi connectivity index (χ0) is 16.9. The van der Waals surface area contributed by atoms with Gasteiger partial charge in [0.2, 0.25) is 0 Å². The van der Waals surface area contributed by atoms with Crippen LogP contribution in [-0.4, -0.2) is 48.4 Å². The first-order valence-electron chi connectivity index (χ1n) is 8.11. The summed E-state index contributed by atoms with van der Waals surface area (Å²) in [5.74, 6) is 0. The van der Waals surface area contributed by atoms with E-state index in [0.29, 0.717) is 23.9 Å². The summed E-state index contributed by atoms with van der Waals surface area (Å²) >= 11 is 0. The topological polar surface area (TPSA) is 44.1 Å². The molecule has 4 heterocycles. The van der Waals surface area contributed by atoms with Gasteiger partial charge in [-0.05, 0) is 12.5 Å². The molecule has 0 saturated carbocycles. The summed E-state index contributed by atoms with van der Waals surface area (Å²) in [7, 11) is 0. The van der Waals surface area contributed by atoms with Crippen molar-refractivity contribution in [2.24, 2.45) is 9.98 Å². The maximum Gasteiger partial charge on any atom is 0.390 e. The summed E-state index contributed by atoms with van der Waals surface area (Å²) in [6.45, 7) is 0.338. The third-order valence-corrected chi connectivity index (χ3v) is 4.42. The molecule has 0 N–H and O–H groups in total. The summed E-state index contributed by atoms with van der Waals surface area (Å²) in [4.78, 5) is 16.4. The van der Waals surface area contributed by atoms with E-state index in [1.165, 1.54) is 0 Å². The van der Waals surface area contributed by atoms with Crippen molar-refractivity contribution in [1.82, 2.24) is 9.88 Å². The Kier molecular flexibility index (Phi) is 3.10. The molecular formula is C15H16F3N5. The zero-order valence-corrected chi connectivity index (χ0v) is 12.3. The number of alkyl halides is 3. The zero-order valence-electron chi connectivity index (χ0n) is 13.3. The van der Waals surface area contributed by atoms with E-state index in [2.05, 4.69) is 15.0 Å². The van der Waals surface area contributed by atoms with E-state index in [1.54, 1.807) is 12.4 Å². The molecule has 122 valence electrons. The highest BCUT2D eigenvalue weighted by molar-refractivity contribution is 5.69. The van der Waals surface area contributed by atoms with Crippen LogP contribution in [0.4, 0.5) is 18.9 Å². The monoisotopic (exact) mass is 324 g/mol. The number of fused-ring (bicyclic) bond motifs is 3. The number of halogens is 3. The van der Waals surface area contributed by atoms with Gasteiger partial charge in [0.1, 0.15) is 12.0 Å². The minimum atomic E-state index is -4.13. The van der Waals surface area contributed by atoms with Gasteiger partial charge in [-0.3, -0.25) is 4.99 Å². The second-order valence-electron chi connectivity index (χ2n) is 5.93. The Morgan fingerprint density at radius 3 is 3.09 bits per heavy atom. The lowest BCUT2D eigenvalue weighted by atomic mass is 10.1. The van der Waals surface area contributed by atoms with Crippen LogP contribution in [0.5, 0.6) is 0 Å². The van der Waals surface area contributed by atoms with Gasteiger partial charge in [0.15, 0.2) is 5.49 Å². The minimum Gasteiger partial charge on any atom is -0.345 e. The molecule has 4 rings (SSSR count). The molecule has 5 nitrogen and oxygen atoms in total. The molecule has 2 atom stereocenters. The minimum absolute atomic E-state index is 0.00416. The van der Waals surface area contributed by atoms with Crippen LogP contribution in [-0.2, 0) is 0 Å². The summed E-state index contributed by atoms with van der Waals surface area (Å²) in [5.41, 5.74) is 2.29. The number of pyridine rings is 1. The van der Waals surface area contributed by atoms with E-state index >= 15 is 0 Å². The molecule has 8 heteroatoms. The molecule has 1 saturated heterocycles. The molecule has 0 bridgehead atoms. The Morgan fingerprint density at radius 1 is 1.39 bits per heavy atom. The maximum absolute atomic E-state index is 12.4. The highest BCUT2D eigenvalue weighted by atomic mass is 19.4. The highest BCUT2D eigenvalue weighted by Gasteiger charge is 2.34. The fourth-order valence-electron chi connectivity index (χ4n) is 3.29. The van der Waals surface area contributed by atoms with E-state index in [0.717, 1.165) is 17.7 Å². The van der Waals surface area contributed by atoms with Gasteiger partial charge in [0.05, 0.1) is 19.7 Å². The van der Waals surface area contributed by atoms with Crippen LogP contribution in [0.3, 0.4) is 0 Å². The summed E-state index contributed by atoms with van der Waals surface area (Å²) in [5, 5.41) is 0.657. The van der Waals surface area contributed by atoms with Crippen molar-refractivity contribution in [3.05, 3.63) is 28.8 Å². The number of aromatic nitrogens is 1. The van der Waals surface area contributed by atoms with Crippen molar-refractivity contribution in [2.45, 2.75) is 25.1 Å². The fraction of sp³-hybridized carbons (Fsp3) is 0.533. The van der Waals surface area contributed by atoms with Crippen LogP contribution in [0, 0.1) is 0 Å². The summed E-state index contributed by atoms with van der Waals surface area (Å²) < 4.78 is 45.5. The van der Waals surface area contributed by atoms with Gasteiger partial charge in [-0.25, -0.2) is 9.98 Å². The van der Waals surface area contributed by atoms with E-state index < -0.39 is 19.2 Å². The molecule has 1 aromatic heterocycles. The van der Waals surface area contributed by atoms with Crippen LogP contribution in [0.2, 0.25) is 0 Å². The Balaban J connectivity index is 1.55. The predicted molar refractivity (Wildman–Crippen MR) is 78.4 cm³/mol. The first-order valence-corrected chi connectivity index (χ1v) is 7.53. The summed E-state index contributed by atoms with van der Waals surface area (Å²) in [6, 6.07) is -0.0220. The van der Waals surface area contributed by atoms with Crippen molar-refractivity contribution in [3.8, 4) is 0 Å². The number of nitrogens with zero attached hydrogens (tertiary/aromatic N) is 5. The normalized spacial score (nSPS) is 26.7. The van der Waals surface area contributed by atoms with E-state index in [9.17, 15) is 13.2 Å². The Labute approximate surface area is 132 Å². The van der Waals surface area contributed by atoms with Gasteiger partial charge in [-0.2, -0.15) is 13.2 Å². The molecule has 0 amide bonds. The van der Waals surface area contributed by atoms with Gasteiger partial charge in [0.25, 0.3) is 0 Å². The Hall–Kier alpha value is -1.96. The smallest absolute Gasteiger partial charge is 0.345 e. The molecule has 0 aromatic carbocycles. The van der Waals surface area contributed by atoms with Crippen LogP contribution >= 0.6 is 0 Å². The molecule has 0 spiro atoms. The van der Waals surface area contributed by atoms with Gasteiger partial charge in [0, 0.05) is 37.4 Å². The molecule has 1 unspecified atom stereocenters. The van der Waals surface area contributed by atoms with Gasteiger partial charge in [-0.15, -0.1) is 0 Å². The van der Waals surface area contributed by atoms with Gasteiger partial charge in [-0.1, -0.05) is 0 Å². The first kappa shape index (κ1) is 13.5. The number of hydrogen-bond donors (Lipinski definition) is 0. The number of hydrogen-bond acceptors (Lipinski definition) is 5. The lowest BCUT2D eigenvalue weighted by molar-refractivity contribution is -0.137. The standard InChI is InChI=1S/C15H16F3N5/c16-15(17,18)3-6-22-5-2-10(8-22)23-9-21-12-7-20-14-11(13(12)23)1-4-19-14/h1,4,7,10H,2-3,5-6,8-9H2/t10-/m0/s1/i9D/t9?,10-. The van der Waals surface area contributed by atoms with Crippen molar-refractivity contribution in [1.29, 1.82) is 0 Å². The quantitative estimate of drug-likeness (QED) is 0.837. The molecule has 0 radical (unpaired) electrons. The highest BCUT2D eigenvalue weighted by Crippen LogP contribution is 2.27.